The van der Waals surface area contributed by atoms with Crippen LogP contribution in [0.1, 0.15) is 29.7 Å². The van der Waals surface area contributed by atoms with E-state index >= 15 is 0 Å². The van der Waals surface area contributed by atoms with E-state index in [1.165, 1.54) is 11.1 Å². The van der Waals surface area contributed by atoms with Crippen LogP contribution < -0.4 is 5.73 Å². The molecular formula is C14H20N4. The average molecular weight is 244 g/mol. The molecule has 4 nitrogen and oxygen atoms in total. The quantitative estimate of drug-likeness (QED) is 0.899. The van der Waals surface area contributed by atoms with Crippen LogP contribution in [-0.2, 0) is 6.42 Å². The molecule has 1 aromatic carbocycles. The summed E-state index contributed by atoms with van der Waals surface area (Å²) in [5.74, 6) is 1.71. The SMILES string of the molecule is Cc1nc(C)n(-c2ccc(CC(C)N)c(C)c2)n1. The standard InChI is InChI=1S/C14H20N4/c1-9-7-14(6-5-13(9)8-10(2)15)18-12(4)16-11(3)17-18/h5-7,10H,8,15H2,1-4H3. The summed E-state index contributed by atoms with van der Waals surface area (Å²) in [4.78, 5) is 4.32. The van der Waals surface area contributed by atoms with Gasteiger partial charge in [0.1, 0.15) is 11.6 Å². The third-order valence-corrected chi connectivity index (χ3v) is 2.99. The Kier molecular flexibility index (Phi) is 3.48. The Labute approximate surface area is 108 Å². The Hall–Kier alpha value is -1.68. The second-order valence-corrected chi connectivity index (χ2v) is 4.91. The van der Waals surface area contributed by atoms with Crippen molar-refractivity contribution in [3.63, 3.8) is 0 Å². The molecule has 2 N–H and O–H groups in total. The molecule has 2 rings (SSSR count). The molecule has 0 saturated heterocycles. The van der Waals surface area contributed by atoms with E-state index in [1.807, 2.05) is 25.5 Å². The minimum absolute atomic E-state index is 0.185. The fourth-order valence-electron chi connectivity index (χ4n) is 2.15. The highest BCUT2D eigenvalue weighted by Crippen LogP contribution is 2.16. The first-order valence-corrected chi connectivity index (χ1v) is 6.23. The number of hydrogen-bond donors (Lipinski definition) is 1. The fraction of sp³-hybridized carbons (Fsp3) is 0.429. The van der Waals surface area contributed by atoms with Crippen molar-refractivity contribution in [1.29, 1.82) is 0 Å². The number of hydrogen-bond acceptors (Lipinski definition) is 3. The Morgan fingerprint density at radius 3 is 2.50 bits per heavy atom. The van der Waals surface area contributed by atoms with E-state index in [4.69, 9.17) is 5.73 Å². The summed E-state index contributed by atoms with van der Waals surface area (Å²) in [6, 6.07) is 6.53. The van der Waals surface area contributed by atoms with Crippen LogP contribution in [0, 0.1) is 20.8 Å². The van der Waals surface area contributed by atoms with Crippen LogP contribution in [0.5, 0.6) is 0 Å². The molecule has 1 aromatic heterocycles. The lowest BCUT2D eigenvalue weighted by molar-refractivity contribution is 0.733. The van der Waals surface area contributed by atoms with Gasteiger partial charge in [-0.3, -0.25) is 0 Å². The predicted molar refractivity (Wildman–Crippen MR) is 72.9 cm³/mol. The van der Waals surface area contributed by atoms with E-state index < -0.39 is 0 Å². The van der Waals surface area contributed by atoms with Gasteiger partial charge in [-0.25, -0.2) is 9.67 Å². The maximum absolute atomic E-state index is 5.84. The maximum atomic E-state index is 5.84. The Morgan fingerprint density at radius 2 is 2.00 bits per heavy atom. The van der Waals surface area contributed by atoms with E-state index in [1.54, 1.807) is 0 Å². The van der Waals surface area contributed by atoms with Gasteiger partial charge in [0.2, 0.25) is 0 Å². The number of nitrogens with zero attached hydrogens (tertiary/aromatic N) is 3. The molecule has 0 aliphatic carbocycles. The highest BCUT2D eigenvalue weighted by molar-refractivity contribution is 5.40. The summed E-state index contributed by atoms with van der Waals surface area (Å²) in [5, 5.41) is 4.39. The van der Waals surface area contributed by atoms with Gasteiger partial charge >= 0.3 is 0 Å². The normalized spacial score (nSPS) is 12.7. The monoisotopic (exact) mass is 244 g/mol. The van der Waals surface area contributed by atoms with Crippen LogP contribution in [0.4, 0.5) is 0 Å². The van der Waals surface area contributed by atoms with Gasteiger partial charge in [-0.1, -0.05) is 6.07 Å². The second kappa shape index (κ2) is 4.90. The number of benzene rings is 1. The molecule has 0 aliphatic heterocycles. The fourth-order valence-corrected chi connectivity index (χ4v) is 2.15. The first-order chi connectivity index (χ1) is 8.47. The summed E-state index contributed by atoms with van der Waals surface area (Å²) in [7, 11) is 0. The van der Waals surface area contributed by atoms with Crippen LogP contribution in [0.3, 0.4) is 0 Å². The molecular weight excluding hydrogens is 224 g/mol. The van der Waals surface area contributed by atoms with Crippen molar-refractivity contribution in [1.82, 2.24) is 14.8 Å². The maximum Gasteiger partial charge on any atom is 0.148 e. The van der Waals surface area contributed by atoms with Gasteiger partial charge in [-0.15, -0.1) is 0 Å². The van der Waals surface area contributed by atoms with Gasteiger partial charge in [0.25, 0.3) is 0 Å². The highest BCUT2D eigenvalue weighted by atomic mass is 15.3. The van der Waals surface area contributed by atoms with Gasteiger partial charge in [0.05, 0.1) is 5.69 Å². The lowest BCUT2D eigenvalue weighted by Crippen LogP contribution is -2.18. The first kappa shape index (κ1) is 12.8. The molecule has 96 valence electrons. The molecule has 0 radical (unpaired) electrons. The molecule has 0 aliphatic rings. The summed E-state index contributed by atoms with van der Waals surface area (Å²) in [5.41, 5.74) is 9.44. The van der Waals surface area contributed by atoms with Crippen molar-refractivity contribution in [2.24, 2.45) is 5.73 Å². The molecule has 0 amide bonds. The smallest absolute Gasteiger partial charge is 0.148 e. The minimum atomic E-state index is 0.185. The van der Waals surface area contributed by atoms with Crippen molar-refractivity contribution in [2.45, 2.75) is 40.2 Å². The van der Waals surface area contributed by atoms with Gasteiger partial charge < -0.3 is 5.73 Å². The number of rotatable bonds is 3. The van der Waals surface area contributed by atoms with Crippen molar-refractivity contribution in [3.05, 3.63) is 41.0 Å². The Balaban J connectivity index is 2.37. The predicted octanol–water partition coefficient (Wildman–Crippen LogP) is 2.08. The topological polar surface area (TPSA) is 56.7 Å². The molecule has 18 heavy (non-hydrogen) atoms. The zero-order valence-corrected chi connectivity index (χ0v) is 11.4. The average Bonchev–Trinajstić information content (AvgIpc) is 2.60. The van der Waals surface area contributed by atoms with Gasteiger partial charge in [-0.2, -0.15) is 5.10 Å². The molecule has 0 fully saturated rings. The van der Waals surface area contributed by atoms with Gasteiger partial charge in [0, 0.05) is 6.04 Å². The zero-order valence-electron chi connectivity index (χ0n) is 11.4. The summed E-state index contributed by atoms with van der Waals surface area (Å²) < 4.78 is 1.87. The number of aryl methyl sites for hydroxylation is 3. The lowest BCUT2D eigenvalue weighted by Gasteiger charge is -2.11. The van der Waals surface area contributed by atoms with Crippen LogP contribution in [0.15, 0.2) is 18.2 Å². The summed E-state index contributed by atoms with van der Waals surface area (Å²) in [6.45, 7) is 8.00. The third-order valence-electron chi connectivity index (χ3n) is 2.99. The third kappa shape index (κ3) is 2.59. The molecule has 1 atom stereocenters. The summed E-state index contributed by atoms with van der Waals surface area (Å²) >= 11 is 0. The largest absolute Gasteiger partial charge is 0.328 e. The number of aromatic nitrogens is 3. The van der Waals surface area contributed by atoms with Crippen LogP contribution in [0.25, 0.3) is 5.69 Å². The van der Waals surface area contributed by atoms with Gasteiger partial charge in [-0.05, 0) is 57.4 Å². The van der Waals surface area contributed by atoms with Crippen molar-refractivity contribution in [3.8, 4) is 5.69 Å². The second-order valence-electron chi connectivity index (χ2n) is 4.91. The zero-order chi connectivity index (χ0) is 13.3. The molecule has 1 heterocycles. The molecule has 0 spiro atoms. The van der Waals surface area contributed by atoms with E-state index in [0.29, 0.717) is 0 Å². The van der Waals surface area contributed by atoms with E-state index in [0.717, 1.165) is 23.8 Å². The lowest BCUT2D eigenvalue weighted by atomic mass is 10.0. The van der Waals surface area contributed by atoms with Crippen LogP contribution in [0.2, 0.25) is 0 Å². The molecule has 2 aromatic rings. The Morgan fingerprint density at radius 1 is 1.28 bits per heavy atom. The van der Waals surface area contributed by atoms with E-state index in [9.17, 15) is 0 Å². The van der Waals surface area contributed by atoms with Crippen LogP contribution in [-0.4, -0.2) is 20.8 Å². The van der Waals surface area contributed by atoms with Crippen molar-refractivity contribution >= 4 is 0 Å². The molecule has 0 bridgehead atoms. The van der Waals surface area contributed by atoms with Gasteiger partial charge in [0.15, 0.2) is 0 Å². The van der Waals surface area contributed by atoms with Crippen LogP contribution >= 0.6 is 0 Å². The van der Waals surface area contributed by atoms with E-state index in [-0.39, 0.29) is 6.04 Å². The Bertz CT molecular complexity index is 555. The van der Waals surface area contributed by atoms with E-state index in [2.05, 4.69) is 35.2 Å². The molecule has 1 unspecified atom stereocenters. The molecule has 0 saturated carbocycles. The first-order valence-electron chi connectivity index (χ1n) is 6.23. The highest BCUT2D eigenvalue weighted by Gasteiger charge is 2.07. The summed E-state index contributed by atoms with van der Waals surface area (Å²) in [6.07, 6.45) is 0.904. The molecule has 4 heteroatoms. The number of nitrogens with two attached hydrogens (primary N) is 1. The van der Waals surface area contributed by atoms with Crippen molar-refractivity contribution in [2.75, 3.05) is 0 Å². The van der Waals surface area contributed by atoms with Crippen molar-refractivity contribution < 1.29 is 0 Å². The minimum Gasteiger partial charge on any atom is -0.328 e.